The van der Waals surface area contributed by atoms with E-state index >= 15 is 0 Å². The molecule has 12 rings (SSSR count). The van der Waals surface area contributed by atoms with Crippen molar-refractivity contribution < 1.29 is 198 Å². The Bertz CT molecular complexity index is 3190. The number of aliphatic hydroxyl groups is 5. The molecule has 40 heteroatoms. The molecule has 0 bridgehead atoms. The number of rotatable bonds is 22. The van der Waals surface area contributed by atoms with Gasteiger partial charge in [0.05, 0.1) is 87.5 Å². The summed E-state index contributed by atoms with van der Waals surface area (Å²) in [5.74, 6) is -5.98. The van der Waals surface area contributed by atoms with Gasteiger partial charge in [-0.05, 0) is 61.0 Å². The summed E-state index contributed by atoms with van der Waals surface area (Å²) in [5, 5.41) is 85.5. The van der Waals surface area contributed by atoms with E-state index in [1.54, 1.807) is 48.5 Å². The van der Waals surface area contributed by atoms with E-state index in [0.717, 1.165) is 0 Å². The molecule has 0 aromatic heterocycles. The Morgan fingerprint density at radius 1 is 0.670 bits per heavy atom. The Morgan fingerprint density at radius 3 is 1.99 bits per heavy atom. The van der Waals surface area contributed by atoms with Crippen molar-refractivity contribution in [1.82, 2.24) is 0 Å². The van der Waals surface area contributed by atoms with Crippen LogP contribution < -0.4 is 39.4 Å². The average molecular weight is 1580 g/mol. The van der Waals surface area contributed by atoms with Crippen molar-refractivity contribution in [2.45, 2.75) is 301 Å². The maximum Gasteiger partial charge on any atom is 1.00 e. The zero-order valence-corrected chi connectivity index (χ0v) is 65.5. The molecule has 0 amide bonds. The fourth-order valence-corrected chi connectivity index (χ4v) is 17.1. The first-order chi connectivity index (χ1) is 49.7. The second-order valence-corrected chi connectivity index (χ2v) is 29.5. The third-order valence-electron chi connectivity index (χ3n) is 22.2. The first kappa shape index (κ1) is 85.0. The van der Waals surface area contributed by atoms with Crippen LogP contribution in [-0.4, -0.2) is 332 Å². The number of carbonyl (C=O) groups is 1. The van der Waals surface area contributed by atoms with E-state index < -0.39 is 247 Å². The maximum atomic E-state index is 14.3. The van der Waals surface area contributed by atoms with Crippen LogP contribution in [0.4, 0.5) is 0 Å². The molecule has 0 saturated carbocycles. The zero-order valence-electron chi connectivity index (χ0n) is 61.9. The van der Waals surface area contributed by atoms with Gasteiger partial charge in [0.25, 0.3) is 11.5 Å². The zero-order chi connectivity index (χ0) is 76.1. The molecule has 36 unspecified atom stereocenters. The Labute approximate surface area is 643 Å². The van der Waals surface area contributed by atoms with E-state index in [1.165, 1.54) is 63.6 Å². The minimum Gasteiger partial charge on any atom is -0.870 e. The van der Waals surface area contributed by atoms with Crippen molar-refractivity contribution in [2.75, 3.05) is 76.4 Å². The van der Waals surface area contributed by atoms with E-state index in [-0.39, 0.29) is 90.9 Å². The largest absolute Gasteiger partial charge is 1.00 e. The van der Waals surface area contributed by atoms with Gasteiger partial charge in [0.2, 0.25) is 0 Å². The van der Waals surface area contributed by atoms with E-state index in [2.05, 4.69) is 0 Å². The normalized spacial score (nSPS) is 48.3. The van der Waals surface area contributed by atoms with Crippen LogP contribution in [0.1, 0.15) is 90.6 Å². The molecule has 106 heavy (non-hydrogen) atoms. The Kier molecular flexibility index (Phi) is 26.8. The van der Waals surface area contributed by atoms with E-state index in [1.807, 2.05) is 0 Å². The summed E-state index contributed by atoms with van der Waals surface area (Å²) in [5.41, 5.74) is -5.27. The third kappa shape index (κ3) is 15.3. The molecule has 11 heterocycles. The minimum absolute atomic E-state index is 0. The third-order valence-corrected chi connectivity index (χ3v) is 23.0. The number of carbonyl (C=O) groups excluding carboxylic acids is 1. The van der Waals surface area contributed by atoms with Crippen LogP contribution in [0.5, 0.6) is 11.5 Å². The number of aliphatic hydroxyl groups excluding tert-OH is 4. The fraction of sp³-hybridized carbons (Fsp3) is 0.894. The summed E-state index contributed by atoms with van der Waals surface area (Å²) in [6, 6.07) is 0. The molecular weight excluding hydrogens is 1480 g/mol. The smallest absolute Gasteiger partial charge is 0.870 e. The second kappa shape index (κ2) is 33.5. The number of hydrogen-bond acceptors (Lipinski definition) is 36. The number of halogens is 2. The van der Waals surface area contributed by atoms with E-state index in [0.29, 0.717) is 0 Å². The van der Waals surface area contributed by atoms with Gasteiger partial charge in [-0.2, -0.15) is 0 Å². The van der Waals surface area contributed by atoms with Gasteiger partial charge in [-0.3, -0.25) is 10.1 Å². The van der Waals surface area contributed by atoms with Gasteiger partial charge in [-0.25, -0.2) is 4.79 Å². The number of nitro groups is 1. The summed E-state index contributed by atoms with van der Waals surface area (Å²) >= 11 is 12.7. The number of methoxy groups -OCH3 is 7. The van der Waals surface area contributed by atoms with Gasteiger partial charge in [0.15, 0.2) is 61.8 Å². The quantitative estimate of drug-likeness (QED) is 0.0337. The SMILES string of the molecule is COCC1OC(OC2OCC3OC4(OCC(O)(C(C)OC)C5OCOC54)OC3C2OC)C(OC)C(O)C1OC1OC(C)C(OC)C(OC2OC(C)C3OC4(CC(O)C(OC5CC(OC6CC(C)([N+](=O)[O-])C(OC)C(C)O6)C(OC(=O)c6c(C)c(Cl)c([O-])c(Cl)c6OC)C(C)O5)C(C)O4)OC3(C)C2O)C1O.[Na+]. The van der Waals surface area contributed by atoms with Gasteiger partial charge < -0.3 is 159 Å². The van der Waals surface area contributed by atoms with Crippen LogP contribution in [-0.2, 0) is 123 Å². The van der Waals surface area contributed by atoms with Crippen LogP contribution in [0.25, 0.3) is 0 Å². The van der Waals surface area contributed by atoms with E-state index in [4.69, 9.17) is 151 Å². The standard InChI is InChI=1S/C66H99Cl2NO36.Na/c1-24-37(48(82-13)39(68)40(71)38(24)67)57(75)97-44-25(2)90-35(17-32(44)94-36-19-62(8,69(77)78)53(85-16)28(5)91-36)96-43-27(4)101-65(18-31(43)70)104-54-29(6)93-61(52(74)63(54,9)105-65)99-49-42(73)58(92-26(3)45(49)81-12)98-46-33(20-79-10)95-60(50(83-14)41(46)72)100-59-51(84-15)47-34(21-86-59)102-66(103-47)56-55(87-23-88-56)64(76,22-89-66)30(7)80-11;/h25-36,41-47,49-56,58-61,70-74,76H,17-23H2,1-16H3;/q;+1/p-1. The first-order valence-corrected chi connectivity index (χ1v) is 35.6. The maximum absolute atomic E-state index is 14.3. The van der Waals surface area contributed by atoms with E-state index in [9.17, 15) is 45.5 Å². The molecule has 5 N–H and O–H groups in total. The van der Waals surface area contributed by atoms with Crippen molar-refractivity contribution in [3.63, 3.8) is 0 Å². The molecule has 598 valence electrons. The Balaban J connectivity index is 0.0000112. The van der Waals surface area contributed by atoms with Gasteiger partial charge in [0.1, 0.15) is 115 Å². The Morgan fingerprint density at radius 2 is 1.34 bits per heavy atom. The van der Waals surface area contributed by atoms with Crippen LogP contribution in [0.3, 0.4) is 0 Å². The molecule has 1 aromatic rings. The molecule has 0 aliphatic carbocycles. The molecule has 11 saturated heterocycles. The van der Waals surface area contributed by atoms with Crippen LogP contribution >= 0.6 is 23.2 Å². The van der Waals surface area contributed by atoms with Crippen molar-refractivity contribution in [1.29, 1.82) is 0 Å². The Hall–Kier alpha value is -1.93. The van der Waals surface area contributed by atoms with Crippen LogP contribution in [0, 0.1) is 17.0 Å². The summed E-state index contributed by atoms with van der Waals surface area (Å²) in [7, 11) is 9.49. The molecular formula is C66H98Cl2NNaO36. The second-order valence-electron chi connectivity index (χ2n) is 28.8. The molecule has 0 radical (unpaired) electrons. The number of esters is 1. The molecule has 11 aliphatic rings. The van der Waals surface area contributed by atoms with Gasteiger partial charge in [-0.15, -0.1) is 0 Å². The molecule has 37 nitrogen and oxygen atoms in total. The number of fused-ring (bicyclic) bond motifs is 4. The van der Waals surface area contributed by atoms with Gasteiger partial charge in [0, 0.05) is 65.9 Å². The van der Waals surface area contributed by atoms with Crippen molar-refractivity contribution >= 4 is 29.2 Å². The minimum atomic E-state index is -2.05. The summed E-state index contributed by atoms with van der Waals surface area (Å²) < 4.78 is 166. The van der Waals surface area contributed by atoms with Crippen molar-refractivity contribution in [2.24, 2.45) is 0 Å². The molecule has 11 aliphatic heterocycles. The van der Waals surface area contributed by atoms with Crippen LogP contribution in [0.2, 0.25) is 10.0 Å². The summed E-state index contributed by atoms with van der Waals surface area (Å²) in [6.07, 6.45) is -38.1. The first-order valence-electron chi connectivity index (χ1n) is 34.8. The molecule has 2 spiro atoms. The van der Waals surface area contributed by atoms with Crippen molar-refractivity contribution in [3.05, 3.63) is 31.3 Å². The summed E-state index contributed by atoms with van der Waals surface area (Å²) in [4.78, 5) is 26.4. The van der Waals surface area contributed by atoms with Crippen molar-refractivity contribution in [3.8, 4) is 11.5 Å². The topological polar surface area (TPSA) is 434 Å². The molecule has 36 atom stereocenters. The number of nitrogens with zero attached hydrogens (tertiary/aromatic N) is 1. The number of hydrogen-bond donors (Lipinski definition) is 5. The van der Waals surface area contributed by atoms with Gasteiger partial charge >= 0.3 is 41.5 Å². The average Bonchev–Trinajstić information content (AvgIpc) is 1.56. The van der Waals surface area contributed by atoms with Gasteiger partial charge in [-0.1, -0.05) is 29.0 Å². The number of benzene rings is 1. The summed E-state index contributed by atoms with van der Waals surface area (Å²) in [6.45, 7) is 13.3. The fourth-order valence-electron chi connectivity index (χ4n) is 16.6. The monoisotopic (exact) mass is 1570 g/mol. The molecule has 11 fully saturated rings. The number of ether oxygens (including phenoxy) is 27. The van der Waals surface area contributed by atoms with Crippen LogP contribution in [0.15, 0.2) is 0 Å². The predicted octanol–water partition coefficient (Wildman–Crippen LogP) is -2.89. The molecule has 1 aromatic carbocycles. The predicted molar refractivity (Wildman–Crippen MR) is 343 cm³/mol.